The zero-order valence-corrected chi connectivity index (χ0v) is 8.82. The van der Waals surface area contributed by atoms with Crippen LogP contribution < -0.4 is 10.1 Å². The van der Waals surface area contributed by atoms with E-state index in [4.69, 9.17) is 4.74 Å². The van der Waals surface area contributed by atoms with Gasteiger partial charge in [-0.15, -0.1) is 0 Å². The predicted octanol–water partition coefficient (Wildman–Crippen LogP) is 2.04. The van der Waals surface area contributed by atoms with Crippen molar-refractivity contribution in [3.63, 3.8) is 0 Å². The molecule has 1 aliphatic heterocycles. The molecule has 0 aromatic heterocycles. The van der Waals surface area contributed by atoms with E-state index in [1.807, 2.05) is 0 Å². The van der Waals surface area contributed by atoms with E-state index in [0.717, 1.165) is 25.7 Å². The molecule has 1 aliphatic carbocycles. The van der Waals surface area contributed by atoms with E-state index in [-0.39, 0.29) is 11.7 Å². The zero-order valence-electron chi connectivity index (χ0n) is 8.82. The Balaban J connectivity index is 2.06. The number of phenolic OH excluding ortho intramolecular Hbond substituents is 1. The fourth-order valence-corrected chi connectivity index (χ4v) is 2.48. The molecule has 0 unspecified atom stereocenters. The molecule has 2 aliphatic rings. The Bertz CT molecular complexity index is 450. The second-order valence-corrected chi connectivity index (χ2v) is 4.41. The van der Waals surface area contributed by atoms with Gasteiger partial charge in [0.15, 0.2) is 17.1 Å². The lowest BCUT2D eigenvalue weighted by Crippen LogP contribution is -2.48. The van der Waals surface area contributed by atoms with Crippen LogP contribution in [0.15, 0.2) is 18.2 Å². The second kappa shape index (κ2) is 3.14. The highest BCUT2D eigenvalue weighted by Gasteiger charge is 2.47. The minimum absolute atomic E-state index is 0.0805. The molecule has 16 heavy (non-hydrogen) atoms. The lowest BCUT2D eigenvalue weighted by molar-refractivity contribution is -0.132. The summed E-state index contributed by atoms with van der Waals surface area (Å²) in [6.07, 6.45) is 3.45. The van der Waals surface area contributed by atoms with Gasteiger partial charge in [0.25, 0.3) is 5.91 Å². The van der Waals surface area contributed by atoms with Gasteiger partial charge >= 0.3 is 0 Å². The Morgan fingerprint density at radius 3 is 2.81 bits per heavy atom. The molecule has 1 aromatic rings. The van der Waals surface area contributed by atoms with E-state index in [2.05, 4.69) is 5.32 Å². The minimum Gasteiger partial charge on any atom is -0.504 e. The number of carbonyl (C=O) groups excluding carboxylic acids is 1. The van der Waals surface area contributed by atoms with Crippen LogP contribution in [0.1, 0.15) is 25.7 Å². The first-order valence-electron chi connectivity index (χ1n) is 5.54. The van der Waals surface area contributed by atoms with Crippen molar-refractivity contribution in [3.8, 4) is 11.5 Å². The average Bonchev–Trinajstić information content (AvgIpc) is 2.72. The molecule has 1 spiro atoms. The number of amides is 1. The molecular weight excluding hydrogens is 206 g/mol. The van der Waals surface area contributed by atoms with Gasteiger partial charge in [-0.1, -0.05) is 6.07 Å². The number of hydrogen-bond donors (Lipinski definition) is 2. The fourth-order valence-electron chi connectivity index (χ4n) is 2.48. The van der Waals surface area contributed by atoms with E-state index >= 15 is 0 Å². The van der Waals surface area contributed by atoms with Crippen molar-refractivity contribution in [3.05, 3.63) is 18.2 Å². The molecule has 0 bridgehead atoms. The maximum Gasteiger partial charge on any atom is 0.268 e. The molecule has 4 nitrogen and oxygen atoms in total. The maximum absolute atomic E-state index is 12.0. The number of benzene rings is 1. The molecule has 3 rings (SSSR count). The van der Waals surface area contributed by atoms with Crippen molar-refractivity contribution in [2.45, 2.75) is 31.3 Å². The van der Waals surface area contributed by atoms with Crippen LogP contribution in [-0.2, 0) is 4.79 Å². The second-order valence-electron chi connectivity index (χ2n) is 4.41. The van der Waals surface area contributed by atoms with E-state index in [0.29, 0.717) is 11.4 Å². The van der Waals surface area contributed by atoms with Gasteiger partial charge in [-0.05, 0) is 37.8 Å². The van der Waals surface area contributed by atoms with Gasteiger partial charge in [-0.3, -0.25) is 4.79 Å². The third-order valence-electron chi connectivity index (χ3n) is 3.36. The summed E-state index contributed by atoms with van der Waals surface area (Å²) in [4.78, 5) is 12.0. The normalized spacial score (nSPS) is 21.4. The van der Waals surface area contributed by atoms with E-state index < -0.39 is 5.60 Å². The van der Waals surface area contributed by atoms with Crippen molar-refractivity contribution < 1.29 is 14.6 Å². The number of phenols is 1. The molecule has 1 saturated carbocycles. The molecule has 4 heteroatoms. The third-order valence-corrected chi connectivity index (χ3v) is 3.36. The van der Waals surface area contributed by atoms with Crippen LogP contribution in [0.3, 0.4) is 0 Å². The fraction of sp³-hybridized carbons (Fsp3) is 0.417. The third kappa shape index (κ3) is 1.19. The number of nitrogens with one attached hydrogen (secondary N) is 1. The summed E-state index contributed by atoms with van der Waals surface area (Å²) < 4.78 is 5.76. The van der Waals surface area contributed by atoms with Gasteiger partial charge < -0.3 is 15.2 Å². The van der Waals surface area contributed by atoms with Gasteiger partial charge in [0, 0.05) is 0 Å². The van der Waals surface area contributed by atoms with E-state index in [1.165, 1.54) is 0 Å². The lowest BCUT2D eigenvalue weighted by Gasteiger charge is -2.34. The maximum atomic E-state index is 12.0. The first-order valence-corrected chi connectivity index (χ1v) is 5.54. The van der Waals surface area contributed by atoms with Crippen molar-refractivity contribution in [1.29, 1.82) is 0 Å². The molecule has 1 aromatic carbocycles. The number of hydrogen-bond acceptors (Lipinski definition) is 3. The van der Waals surface area contributed by atoms with Crippen LogP contribution in [0.4, 0.5) is 5.69 Å². The highest BCUT2D eigenvalue weighted by molar-refractivity contribution is 6.01. The number of rotatable bonds is 0. The van der Waals surface area contributed by atoms with Crippen LogP contribution in [0, 0.1) is 0 Å². The van der Waals surface area contributed by atoms with Crippen molar-refractivity contribution in [2.24, 2.45) is 0 Å². The van der Waals surface area contributed by atoms with Gasteiger partial charge in [-0.2, -0.15) is 0 Å². The molecule has 0 atom stereocenters. The highest BCUT2D eigenvalue weighted by Crippen LogP contribution is 2.45. The topological polar surface area (TPSA) is 58.6 Å². The molecule has 1 fully saturated rings. The van der Waals surface area contributed by atoms with Crippen molar-refractivity contribution in [2.75, 3.05) is 5.32 Å². The van der Waals surface area contributed by atoms with Crippen molar-refractivity contribution in [1.82, 2.24) is 0 Å². The number of para-hydroxylation sites is 1. The number of anilines is 1. The number of fused-ring (bicyclic) bond motifs is 1. The van der Waals surface area contributed by atoms with Crippen LogP contribution in [0.2, 0.25) is 0 Å². The predicted molar refractivity (Wildman–Crippen MR) is 58.6 cm³/mol. The first-order chi connectivity index (χ1) is 7.71. The Kier molecular flexibility index (Phi) is 1.87. The number of ether oxygens (including phenoxy) is 1. The standard InChI is InChI=1S/C12H13NO3/c14-9-5-3-4-8-10(9)16-12(11(15)13-8)6-1-2-7-12/h3-5,14H,1-2,6-7H2,(H,13,15). The highest BCUT2D eigenvalue weighted by atomic mass is 16.5. The smallest absolute Gasteiger partial charge is 0.268 e. The quantitative estimate of drug-likeness (QED) is 0.702. The summed E-state index contributed by atoms with van der Waals surface area (Å²) >= 11 is 0. The van der Waals surface area contributed by atoms with Gasteiger partial charge in [0.05, 0.1) is 5.69 Å². The molecule has 0 radical (unpaired) electrons. The minimum atomic E-state index is -0.744. The Morgan fingerprint density at radius 1 is 1.31 bits per heavy atom. The summed E-state index contributed by atoms with van der Waals surface area (Å²) in [5.74, 6) is 0.413. The van der Waals surface area contributed by atoms with Crippen molar-refractivity contribution >= 4 is 11.6 Å². The molecule has 1 heterocycles. The summed E-state index contributed by atoms with van der Waals surface area (Å²) in [5.41, 5.74) is -0.186. The van der Waals surface area contributed by atoms with Crippen LogP contribution in [0.25, 0.3) is 0 Å². The lowest BCUT2D eigenvalue weighted by atomic mass is 9.98. The van der Waals surface area contributed by atoms with Gasteiger partial charge in [-0.25, -0.2) is 0 Å². The molecular formula is C12H13NO3. The van der Waals surface area contributed by atoms with Gasteiger partial charge in [0.2, 0.25) is 0 Å². The summed E-state index contributed by atoms with van der Waals surface area (Å²) in [6.45, 7) is 0. The van der Waals surface area contributed by atoms with E-state index in [9.17, 15) is 9.90 Å². The molecule has 2 N–H and O–H groups in total. The van der Waals surface area contributed by atoms with E-state index in [1.54, 1.807) is 18.2 Å². The number of carbonyl (C=O) groups is 1. The van der Waals surface area contributed by atoms with Crippen LogP contribution in [-0.4, -0.2) is 16.6 Å². The van der Waals surface area contributed by atoms with Crippen LogP contribution in [0.5, 0.6) is 11.5 Å². The molecule has 84 valence electrons. The van der Waals surface area contributed by atoms with Crippen LogP contribution >= 0.6 is 0 Å². The first kappa shape index (κ1) is 9.51. The average molecular weight is 219 g/mol. The zero-order chi connectivity index (χ0) is 11.2. The Hall–Kier alpha value is -1.71. The summed E-state index contributed by atoms with van der Waals surface area (Å²) in [5, 5.41) is 12.5. The van der Waals surface area contributed by atoms with Gasteiger partial charge in [0.1, 0.15) is 0 Å². The monoisotopic (exact) mass is 219 g/mol. The number of aromatic hydroxyl groups is 1. The largest absolute Gasteiger partial charge is 0.504 e. The SMILES string of the molecule is O=C1Nc2cccc(O)c2OC12CCCC2. The summed E-state index contributed by atoms with van der Waals surface area (Å²) in [7, 11) is 0. The molecule has 1 amide bonds. The Morgan fingerprint density at radius 2 is 2.06 bits per heavy atom. The Labute approximate surface area is 93.2 Å². The molecule has 0 saturated heterocycles. The summed E-state index contributed by atoms with van der Waals surface area (Å²) in [6, 6.07) is 4.98.